The Morgan fingerprint density at radius 2 is 1.67 bits per heavy atom. The van der Waals surface area contributed by atoms with Crippen molar-refractivity contribution in [3.8, 4) is 10.4 Å². The molecule has 1 aliphatic heterocycles. The fraction of sp³-hybridized carbons (Fsp3) is 0.320. The van der Waals surface area contributed by atoms with Crippen molar-refractivity contribution in [2.75, 3.05) is 26.3 Å². The number of hydrogen-bond donors (Lipinski definition) is 1. The predicted octanol–water partition coefficient (Wildman–Crippen LogP) is 3.61. The van der Waals surface area contributed by atoms with Gasteiger partial charge in [0.25, 0.3) is 5.91 Å². The van der Waals surface area contributed by atoms with Crippen molar-refractivity contribution >= 4 is 27.3 Å². The van der Waals surface area contributed by atoms with Gasteiger partial charge in [0.05, 0.1) is 23.8 Å². The molecule has 2 heterocycles. The number of thiophene rings is 1. The number of amides is 1. The SMILES string of the molecule is O=C(NCc1ccccc1CS(=O)(=O)N1CCOCC1)c1cc2c(s1)-c1ccccc1CC2. The highest BCUT2D eigenvalue weighted by atomic mass is 32.2. The molecule has 1 N–H and O–H groups in total. The van der Waals surface area contributed by atoms with Gasteiger partial charge >= 0.3 is 0 Å². The van der Waals surface area contributed by atoms with Crippen LogP contribution in [0, 0.1) is 0 Å². The Morgan fingerprint density at radius 3 is 2.48 bits per heavy atom. The van der Waals surface area contributed by atoms with Crippen LogP contribution in [-0.4, -0.2) is 44.9 Å². The van der Waals surface area contributed by atoms with Gasteiger partial charge in [0.1, 0.15) is 0 Å². The molecule has 3 aromatic rings. The number of nitrogens with one attached hydrogen (secondary N) is 1. The van der Waals surface area contributed by atoms with E-state index in [0.29, 0.717) is 36.7 Å². The van der Waals surface area contributed by atoms with E-state index in [1.54, 1.807) is 0 Å². The Hall–Kier alpha value is -2.52. The molecule has 2 aromatic carbocycles. The lowest BCUT2D eigenvalue weighted by atomic mass is 9.91. The number of benzene rings is 2. The van der Waals surface area contributed by atoms with E-state index in [1.165, 1.54) is 37.2 Å². The van der Waals surface area contributed by atoms with Crippen LogP contribution in [0.25, 0.3) is 10.4 Å². The molecule has 0 radical (unpaired) electrons. The highest BCUT2D eigenvalue weighted by Crippen LogP contribution is 2.39. The molecule has 2 aliphatic rings. The van der Waals surface area contributed by atoms with Crippen LogP contribution in [0.1, 0.15) is 31.9 Å². The van der Waals surface area contributed by atoms with Gasteiger partial charge in [0.15, 0.2) is 0 Å². The summed E-state index contributed by atoms with van der Waals surface area (Å²) in [7, 11) is -3.44. The van der Waals surface area contributed by atoms with Gasteiger partial charge in [0, 0.05) is 24.5 Å². The summed E-state index contributed by atoms with van der Waals surface area (Å²) in [5.41, 5.74) is 5.30. The zero-order chi connectivity index (χ0) is 22.8. The van der Waals surface area contributed by atoms with E-state index in [2.05, 4.69) is 23.5 Å². The molecule has 6 nitrogen and oxygen atoms in total. The zero-order valence-corrected chi connectivity index (χ0v) is 19.9. The summed E-state index contributed by atoms with van der Waals surface area (Å²) in [5, 5.41) is 3.00. The highest BCUT2D eigenvalue weighted by Gasteiger charge is 2.26. The van der Waals surface area contributed by atoms with Gasteiger partial charge in [-0.15, -0.1) is 11.3 Å². The van der Waals surface area contributed by atoms with Crippen LogP contribution in [0.2, 0.25) is 0 Å². The largest absolute Gasteiger partial charge is 0.379 e. The number of carbonyl (C=O) groups is 1. The molecule has 1 aromatic heterocycles. The minimum atomic E-state index is -3.44. The first kappa shape index (κ1) is 22.3. The molecule has 0 unspecified atom stereocenters. The van der Waals surface area contributed by atoms with E-state index in [1.807, 2.05) is 36.4 Å². The molecular weight excluding hydrogens is 456 g/mol. The summed E-state index contributed by atoms with van der Waals surface area (Å²) in [4.78, 5) is 14.8. The third-order valence-electron chi connectivity index (χ3n) is 6.22. The molecule has 0 spiro atoms. The summed E-state index contributed by atoms with van der Waals surface area (Å²) < 4.78 is 32.5. The molecule has 1 amide bonds. The van der Waals surface area contributed by atoms with E-state index >= 15 is 0 Å². The quantitative estimate of drug-likeness (QED) is 0.583. The Bertz CT molecular complexity index is 1280. The van der Waals surface area contributed by atoms with E-state index in [-0.39, 0.29) is 18.2 Å². The van der Waals surface area contributed by atoms with Gasteiger partial charge in [0.2, 0.25) is 10.0 Å². The monoisotopic (exact) mass is 482 g/mol. The molecule has 8 heteroatoms. The number of carbonyl (C=O) groups excluding carboxylic acids is 1. The van der Waals surface area contributed by atoms with E-state index < -0.39 is 10.0 Å². The van der Waals surface area contributed by atoms with Crippen molar-refractivity contribution in [3.05, 3.63) is 81.7 Å². The maximum absolute atomic E-state index is 13.0. The fourth-order valence-electron chi connectivity index (χ4n) is 4.43. The molecule has 0 atom stereocenters. The average molecular weight is 483 g/mol. The zero-order valence-electron chi connectivity index (χ0n) is 18.2. The number of sulfonamides is 1. The van der Waals surface area contributed by atoms with Crippen molar-refractivity contribution in [2.45, 2.75) is 25.1 Å². The lowest BCUT2D eigenvalue weighted by Crippen LogP contribution is -2.41. The maximum Gasteiger partial charge on any atom is 0.261 e. The molecule has 1 saturated heterocycles. The molecule has 0 saturated carbocycles. The first-order valence-corrected chi connectivity index (χ1v) is 13.6. The summed E-state index contributed by atoms with van der Waals surface area (Å²) in [5.74, 6) is -0.207. The van der Waals surface area contributed by atoms with Crippen molar-refractivity contribution < 1.29 is 17.9 Å². The molecule has 172 valence electrons. The van der Waals surface area contributed by atoms with Crippen LogP contribution in [0.5, 0.6) is 0 Å². The lowest BCUT2D eigenvalue weighted by Gasteiger charge is -2.26. The van der Waals surface area contributed by atoms with E-state index in [4.69, 9.17) is 4.74 Å². The number of nitrogens with zero attached hydrogens (tertiary/aromatic N) is 1. The van der Waals surface area contributed by atoms with E-state index in [0.717, 1.165) is 18.4 Å². The Kier molecular flexibility index (Phi) is 6.34. The molecule has 0 bridgehead atoms. The number of rotatable bonds is 6. The van der Waals surface area contributed by atoms with Crippen LogP contribution < -0.4 is 5.32 Å². The number of morpholine rings is 1. The number of fused-ring (bicyclic) bond motifs is 3. The summed E-state index contributed by atoms with van der Waals surface area (Å²) in [6.07, 6.45) is 1.93. The van der Waals surface area contributed by atoms with Gasteiger partial charge in [-0.2, -0.15) is 4.31 Å². The second-order valence-electron chi connectivity index (χ2n) is 8.34. The Balaban J connectivity index is 1.29. The van der Waals surface area contributed by atoms with Crippen LogP contribution in [0.15, 0.2) is 54.6 Å². The van der Waals surface area contributed by atoms with Gasteiger partial charge < -0.3 is 10.1 Å². The Morgan fingerprint density at radius 1 is 0.970 bits per heavy atom. The third-order valence-corrected chi connectivity index (χ3v) is 9.25. The van der Waals surface area contributed by atoms with E-state index in [9.17, 15) is 13.2 Å². The van der Waals surface area contributed by atoms with Gasteiger partial charge in [-0.1, -0.05) is 48.5 Å². The lowest BCUT2D eigenvalue weighted by molar-refractivity contribution is 0.0729. The molecule has 1 aliphatic carbocycles. The first-order chi connectivity index (χ1) is 16.0. The van der Waals surface area contributed by atoms with Crippen molar-refractivity contribution in [1.82, 2.24) is 9.62 Å². The standard InChI is InChI=1S/C25H26N2O4S2/c28-25(23-15-19-10-9-18-5-3-4-8-22(18)24(19)32-23)26-16-20-6-1-2-7-21(20)17-33(29,30)27-11-13-31-14-12-27/h1-8,15H,9-14,16-17H2,(H,26,28). The second kappa shape index (κ2) is 9.38. The average Bonchev–Trinajstić information content (AvgIpc) is 3.29. The molecule has 33 heavy (non-hydrogen) atoms. The predicted molar refractivity (Wildman–Crippen MR) is 130 cm³/mol. The summed E-state index contributed by atoms with van der Waals surface area (Å²) >= 11 is 1.53. The minimum Gasteiger partial charge on any atom is -0.379 e. The van der Waals surface area contributed by atoms with Gasteiger partial charge in [-0.3, -0.25) is 4.79 Å². The number of hydrogen-bond acceptors (Lipinski definition) is 5. The molecular formula is C25H26N2O4S2. The van der Waals surface area contributed by atoms with Crippen LogP contribution in [-0.2, 0) is 39.9 Å². The van der Waals surface area contributed by atoms with Gasteiger partial charge in [-0.05, 0) is 46.7 Å². The summed E-state index contributed by atoms with van der Waals surface area (Å²) in [6.45, 7) is 1.89. The van der Waals surface area contributed by atoms with Crippen molar-refractivity contribution in [1.29, 1.82) is 0 Å². The van der Waals surface area contributed by atoms with Crippen LogP contribution in [0.3, 0.4) is 0 Å². The van der Waals surface area contributed by atoms with Crippen LogP contribution >= 0.6 is 11.3 Å². The van der Waals surface area contributed by atoms with Gasteiger partial charge in [-0.25, -0.2) is 8.42 Å². The fourth-order valence-corrected chi connectivity index (χ4v) is 7.18. The summed E-state index contributed by atoms with van der Waals surface area (Å²) in [6, 6.07) is 17.8. The maximum atomic E-state index is 13.0. The second-order valence-corrected chi connectivity index (χ2v) is 11.4. The molecule has 5 rings (SSSR count). The minimum absolute atomic E-state index is 0.0802. The van der Waals surface area contributed by atoms with Crippen molar-refractivity contribution in [2.24, 2.45) is 0 Å². The first-order valence-electron chi connectivity index (χ1n) is 11.1. The number of ether oxygens (including phenoxy) is 1. The highest BCUT2D eigenvalue weighted by molar-refractivity contribution is 7.88. The van der Waals surface area contributed by atoms with Crippen molar-refractivity contribution in [3.63, 3.8) is 0 Å². The Labute approximate surface area is 198 Å². The topological polar surface area (TPSA) is 75.7 Å². The number of aryl methyl sites for hydroxylation is 2. The van der Waals surface area contributed by atoms with Crippen LogP contribution in [0.4, 0.5) is 0 Å². The normalized spacial score (nSPS) is 16.1. The third kappa shape index (κ3) is 4.75. The smallest absolute Gasteiger partial charge is 0.261 e. The molecule has 1 fully saturated rings.